The third kappa shape index (κ3) is 47.8. The number of hydrogen-bond donors (Lipinski definition) is 6. The van der Waals surface area contributed by atoms with Gasteiger partial charge in [0.05, 0.1) is 32.0 Å². The molecule has 1 aliphatic heterocycles. The Balaban J connectivity index is 2.07. The molecule has 0 radical (unpaired) electrons. The van der Waals surface area contributed by atoms with Crippen molar-refractivity contribution in [3.05, 3.63) is 85.1 Å². The van der Waals surface area contributed by atoms with Crippen molar-refractivity contribution in [2.24, 2.45) is 0 Å². The van der Waals surface area contributed by atoms with Crippen LogP contribution in [-0.2, 0) is 23.8 Å². The van der Waals surface area contributed by atoms with Gasteiger partial charge in [-0.2, -0.15) is 0 Å². The molecule has 7 atom stereocenters. The summed E-state index contributed by atoms with van der Waals surface area (Å²) in [6.07, 6.45) is 69.7. The van der Waals surface area contributed by atoms with Gasteiger partial charge in [-0.25, -0.2) is 0 Å². The first-order valence-electron chi connectivity index (χ1n) is 33.4. The highest BCUT2D eigenvalue weighted by Gasteiger charge is 2.44. The molecule has 1 rings (SSSR count). The first kappa shape index (κ1) is 75.9. The number of nitrogens with one attached hydrogen (secondary N) is 1. The van der Waals surface area contributed by atoms with E-state index in [2.05, 4.69) is 92.1 Å². The van der Waals surface area contributed by atoms with Crippen LogP contribution in [0.25, 0.3) is 0 Å². The summed E-state index contributed by atoms with van der Waals surface area (Å²) in [4.78, 5) is 25.1. The molecule has 0 aliphatic carbocycles. The van der Waals surface area contributed by atoms with Crippen molar-refractivity contribution in [2.45, 2.75) is 326 Å². The van der Waals surface area contributed by atoms with Gasteiger partial charge in [-0.05, 0) is 116 Å². The predicted octanol–water partition coefficient (Wildman–Crippen LogP) is 16.5. The fourth-order valence-corrected chi connectivity index (χ4v) is 9.89. The van der Waals surface area contributed by atoms with Gasteiger partial charge in [0.2, 0.25) is 5.91 Å². The minimum Gasteiger partial charge on any atom is -0.466 e. The molecule has 1 aliphatic rings. The Labute approximate surface area is 495 Å². The standard InChI is InChI=1S/C70H123NO10/c1-3-5-7-9-11-13-15-17-29-33-36-40-44-48-52-56-63(73)62(61-80-70-69(78)68(77)67(76)64(60-72)81-70)71-65(74)57-53-49-45-41-37-34-30-27-25-23-21-19-18-20-22-24-26-28-31-35-39-43-47-51-55-59-79-66(75)58-54-50-46-42-38-32-16-14-12-10-8-6-4-2/h8,10,14-17,19-22,36,40,52,56,62-64,67-70,72-73,76-78H,3-7,9,11-13,18,23-35,37-39,41-51,53-55,57-61H2,1-2H3,(H,71,74)/b10-8-,16-14-,17-15+,21-19-,22-20-,40-36+,56-52+. The van der Waals surface area contributed by atoms with Crippen LogP contribution in [0.15, 0.2) is 85.1 Å². The molecule has 0 aromatic heterocycles. The number of aliphatic hydroxyl groups is 5. The summed E-state index contributed by atoms with van der Waals surface area (Å²) >= 11 is 0. The third-order valence-electron chi connectivity index (χ3n) is 15.2. The Morgan fingerprint density at radius 3 is 1.35 bits per heavy atom. The second-order valence-corrected chi connectivity index (χ2v) is 22.8. The Morgan fingerprint density at radius 2 is 0.864 bits per heavy atom. The van der Waals surface area contributed by atoms with E-state index in [9.17, 15) is 35.1 Å². The number of rotatable bonds is 57. The zero-order valence-corrected chi connectivity index (χ0v) is 51.7. The van der Waals surface area contributed by atoms with E-state index in [-0.39, 0.29) is 18.5 Å². The maximum Gasteiger partial charge on any atom is 0.305 e. The summed E-state index contributed by atoms with van der Waals surface area (Å²) in [5.74, 6) is -0.222. The summed E-state index contributed by atoms with van der Waals surface area (Å²) in [6, 6.07) is -0.842. The highest BCUT2D eigenvalue weighted by molar-refractivity contribution is 5.76. The van der Waals surface area contributed by atoms with E-state index in [1.54, 1.807) is 6.08 Å². The number of carbonyl (C=O) groups is 2. The highest BCUT2D eigenvalue weighted by Crippen LogP contribution is 2.23. The molecule has 0 aromatic carbocycles. The van der Waals surface area contributed by atoms with Crippen LogP contribution in [0.5, 0.6) is 0 Å². The van der Waals surface area contributed by atoms with Crippen molar-refractivity contribution in [3.63, 3.8) is 0 Å². The fourth-order valence-electron chi connectivity index (χ4n) is 9.89. The van der Waals surface area contributed by atoms with Gasteiger partial charge in [-0.1, -0.05) is 240 Å². The molecule has 1 fully saturated rings. The maximum absolute atomic E-state index is 13.1. The van der Waals surface area contributed by atoms with Gasteiger partial charge in [0.15, 0.2) is 6.29 Å². The van der Waals surface area contributed by atoms with Crippen LogP contribution in [0, 0.1) is 0 Å². The molecule has 0 spiro atoms. The largest absolute Gasteiger partial charge is 0.466 e. The van der Waals surface area contributed by atoms with E-state index >= 15 is 0 Å². The van der Waals surface area contributed by atoms with Crippen LogP contribution in [-0.4, -0.2) is 100 Å². The summed E-state index contributed by atoms with van der Waals surface area (Å²) in [7, 11) is 0. The molecule has 1 heterocycles. The molecule has 7 unspecified atom stereocenters. The van der Waals surface area contributed by atoms with Crippen LogP contribution in [0.1, 0.15) is 284 Å². The lowest BCUT2D eigenvalue weighted by Gasteiger charge is -2.40. The van der Waals surface area contributed by atoms with Gasteiger partial charge in [-0.15, -0.1) is 0 Å². The summed E-state index contributed by atoms with van der Waals surface area (Å²) in [6.45, 7) is 4.23. The monoisotopic (exact) mass is 1140 g/mol. The Morgan fingerprint density at radius 1 is 0.457 bits per heavy atom. The van der Waals surface area contributed by atoms with E-state index in [1.165, 1.54) is 148 Å². The van der Waals surface area contributed by atoms with Crippen molar-refractivity contribution >= 4 is 11.9 Å². The molecule has 1 amide bonds. The van der Waals surface area contributed by atoms with Gasteiger partial charge in [0.1, 0.15) is 24.4 Å². The van der Waals surface area contributed by atoms with Crippen LogP contribution in [0.4, 0.5) is 0 Å². The zero-order valence-electron chi connectivity index (χ0n) is 51.7. The molecule has 0 aromatic rings. The summed E-state index contributed by atoms with van der Waals surface area (Å²) in [5.41, 5.74) is 0. The third-order valence-corrected chi connectivity index (χ3v) is 15.2. The molecule has 0 saturated carbocycles. The fraction of sp³-hybridized carbons (Fsp3) is 0.771. The molecule has 11 heteroatoms. The van der Waals surface area contributed by atoms with Crippen LogP contribution >= 0.6 is 0 Å². The smallest absolute Gasteiger partial charge is 0.305 e. The number of hydrogen-bond acceptors (Lipinski definition) is 10. The number of ether oxygens (including phenoxy) is 3. The second-order valence-electron chi connectivity index (χ2n) is 22.8. The minimum absolute atomic E-state index is 0.0185. The Bertz CT molecular complexity index is 1620. The molecule has 81 heavy (non-hydrogen) atoms. The maximum atomic E-state index is 13.1. The summed E-state index contributed by atoms with van der Waals surface area (Å²) < 4.78 is 16.7. The van der Waals surface area contributed by atoms with Gasteiger partial charge in [-0.3, -0.25) is 9.59 Å². The van der Waals surface area contributed by atoms with E-state index in [0.717, 1.165) is 109 Å². The topological polar surface area (TPSA) is 175 Å². The molecular weight excluding hydrogens is 1010 g/mol. The van der Waals surface area contributed by atoms with Crippen molar-refractivity contribution < 1.29 is 49.3 Å². The van der Waals surface area contributed by atoms with Gasteiger partial charge in [0.25, 0.3) is 0 Å². The number of allylic oxidation sites excluding steroid dienone is 13. The lowest BCUT2D eigenvalue weighted by Crippen LogP contribution is -2.60. The number of esters is 1. The first-order chi connectivity index (χ1) is 39.7. The SMILES string of the molecule is CCC/C=C\C/C=C\CCCCCCCC(=O)OCCCCCCCCCCC/C=C\C/C=C\CCCCCCCCCCCC(=O)NC(COC1OC(CO)C(O)C(O)C1O)C(O)/C=C/CC/C=C/CC/C=C/CCCCCCC. The van der Waals surface area contributed by atoms with E-state index < -0.39 is 49.5 Å². The van der Waals surface area contributed by atoms with Gasteiger partial charge >= 0.3 is 5.97 Å². The van der Waals surface area contributed by atoms with E-state index in [4.69, 9.17) is 14.2 Å². The average Bonchev–Trinajstić information content (AvgIpc) is 3.47. The number of unbranched alkanes of at least 4 members (excludes halogenated alkanes) is 31. The number of carbonyl (C=O) groups excluding carboxylic acids is 2. The number of amides is 1. The molecule has 0 bridgehead atoms. The minimum atomic E-state index is -1.58. The average molecular weight is 1140 g/mol. The second kappa shape index (κ2) is 58.6. The van der Waals surface area contributed by atoms with E-state index in [0.29, 0.717) is 19.4 Å². The molecule has 11 nitrogen and oxygen atoms in total. The van der Waals surface area contributed by atoms with Crippen molar-refractivity contribution in [1.82, 2.24) is 5.32 Å². The first-order valence-corrected chi connectivity index (χ1v) is 33.4. The molecule has 1 saturated heterocycles. The Kier molecular flexibility index (Phi) is 54.9. The van der Waals surface area contributed by atoms with Crippen molar-refractivity contribution in [1.29, 1.82) is 0 Å². The van der Waals surface area contributed by atoms with Crippen LogP contribution < -0.4 is 5.32 Å². The predicted molar refractivity (Wildman–Crippen MR) is 338 cm³/mol. The van der Waals surface area contributed by atoms with Crippen LogP contribution in [0.3, 0.4) is 0 Å². The zero-order chi connectivity index (χ0) is 58.7. The number of aliphatic hydroxyl groups excluding tert-OH is 5. The molecular formula is C70H123NO10. The highest BCUT2D eigenvalue weighted by atomic mass is 16.7. The normalized spacial score (nSPS) is 18.8. The summed E-state index contributed by atoms with van der Waals surface area (Å²) in [5, 5.41) is 54.5. The van der Waals surface area contributed by atoms with E-state index in [1.807, 2.05) is 6.08 Å². The quantitative estimate of drug-likeness (QED) is 0.0195. The van der Waals surface area contributed by atoms with Crippen molar-refractivity contribution in [3.8, 4) is 0 Å². The van der Waals surface area contributed by atoms with Crippen LogP contribution in [0.2, 0.25) is 0 Å². The van der Waals surface area contributed by atoms with Crippen molar-refractivity contribution in [2.75, 3.05) is 19.8 Å². The van der Waals surface area contributed by atoms with Gasteiger partial charge < -0.3 is 45.1 Å². The molecule has 468 valence electrons. The molecule has 6 N–H and O–H groups in total. The van der Waals surface area contributed by atoms with Gasteiger partial charge in [0, 0.05) is 12.8 Å². The lowest BCUT2D eigenvalue weighted by atomic mass is 9.99. The Hall–Kier alpha value is -3.16. The lowest BCUT2D eigenvalue weighted by molar-refractivity contribution is -0.302.